The maximum absolute atomic E-state index is 12.0. The van der Waals surface area contributed by atoms with E-state index in [-0.39, 0.29) is 11.9 Å². The fourth-order valence-corrected chi connectivity index (χ4v) is 1.67. The second-order valence-electron chi connectivity index (χ2n) is 5.55. The first-order valence-electron chi connectivity index (χ1n) is 6.32. The SMILES string of the molecule is COc1ccc(OC)c([C@@H](C)NC(=O)C(C)(C)C)c1. The van der Waals surface area contributed by atoms with Crippen molar-refractivity contribution >= 4 is 5.91 Å². The van der Waals surface area contributed by atoms with Crippen LogP contribution in [0.15, 0.2) is 18.2 Å². The first-order chi connectivity index (χ1) is 8.79. The number of carbonyl (C=O) groups excluding carboxylic acids is 1. The number of hydrogen-bond donors (Lipinski definition) is 1. The van der Waals surface area contributed by atoms with Gasteiger partial charge in [-0.15, -0.1) is 0 Å². The molecule has 0 aromatic heterocycles. The van der Waals surface area contributed by atoms with E-state index in [1.54, 1.807) is 14.2 Å². The van der Waals surface area contributed by atoms with Gasteiger partial charge in [-0.1, -0.05) is 20.8 Å². The highest BCUT2D eigenvalue weighted by molar-refractivity contribution is 5.81. The molecule has 1 N–H and O–H groups in total. The topological polar surface area (TPSA) is 47.6 Å². The molecule has 0 bridgehead atoms. The molecule has 4 heteroatoms. The van der Waals surface area contributed by atoms with Crippen molar-refractivity contribution in [2.24, 2.45) is 5.41 Å². The summed E-state index contributed by atoms with van der Waals surface area (Å²) in [7, 11) is 3.23. The molecule has 0 spiro atoms. The van der Waals surface area contributed by atoms with Gasteiger partial charge in [-0.3, -0.25) is 4.79 Å². The highest BCUT2D eigenvalue weighted by atomic mass is 16.5. The Morgan fingerprint density at radius 2 is 1.84 bits per heavy atom. The second kappa shape index (κ2) is 5.95. The molecule has 1 atom stereocenters. The summed E-state index contributed by atoms with van der Waals surface area (Å²) in [5.41, 5.74) is 0.486. The second-order valence-corrected chi connectivity index (χ2v) is 5.55. The first kappa shape index (κ1) is 15.3. The largest absolute Gasteiger partial charge is 0.497 e. The molecular formula is C15H23NO3. The number of methoxy groups -OCH3 is 2. The van der Waals surface area contributed by atoms with Gasteiger partial charge >= 0.3 is 0 Å². The lowest BCUT2D eigenvalue weighted by Crippen LogP contribution is -2.36. The van der Waals surface area contributed by atoms with Crippen LogP contribution < -0.4 is 14.8 Å². The van der Waals surface area contributed by atoms with Gasteiger partial charge in [0.1, 0.15) is 11.5 Å². The third-order valence-corrected chi connectivity index (χ3v) is 2.93. The highest BCUT2D eigenvalue weighted by Gasteiger charge is 2.24. The summed E-state index contributed by atoms with van der Waals surface area (Å²) in [6.45, 7) is 7.59. The number of amides is 1. The molecule has 106 valence electrons. The number of rotatable bonds is 4. The molecule has 19 heavy (non-hydrogen) atoms. The number of ether oxygens (including phenoxy) is 2. The van der Waals surface area contributed by atoms with Crippen molar-refractivity contribution in [2.45, 2.75) is 33.7 Å². The van der Waals surface area contributed by atoms with Crippen LogP contribution in [-0.2, 0) is 4.79 Å². The number of carbonyl (C=O) groups is 1. The zero-order valence-electron chi connectivity index (χ0n) is 12.5. The smallest absolute Gasteiger partial charge is 0.225 e. The molecule has 0 saturated heterocycles. The summed E-state index contributed by atoms with van der Waals surface area (Å²) in [5, 5.41) is 2.99. The minimum atomic E-state index is -0.416. The van der Waals surface area contributed by atoms with E-state index in [1.165, 1.54) is 0 Å². The summed E-state index contributed by atoms with van der Waals surface area (Å²) in [5.74, 6) is 1.49. The van der Waals surface area contributed by atoms with Crippen LogP contribution in [0.5, 0.6) is 11.5 Å². The molecular weight excluding hydrogens is 242 g/mol. The van der Waals surface area contributed by atoms with Crippen molar-refractivity contribution < 1.29 is 14.3 Å². The van der Waals surface area contributed by atoms with Crippen LogP contribution >= 0.6 is 0 Å². The van der Waals surface area contributed by atoms with E-state index >= 15 is 0 Å². The molecule has 0 heterocycles. The lowest BCUT2D eigenvalue weighted by Gasteiger charge is -2.23. The average Bonchev–Trinajstić information content (AvgIpc) is 2.36. The summed E-state index contributed by atoms with van der Waals surface area (Å²) in [6.07, 6.45) is 0. The molecule has 0 saturated carbocycles. The summed E-state index contributed by atoms with van der Waals surface area (Å²) >= 11 is 0. The Hall–Kier alpha value is -1.71. The lowest BCUT2D eigenvalue weighted by atomic mass is 9.94. The molecule has 1 aromatic carbocycles. The van der Waals surface area contributed by atoms with E-state index in [0.29, 0.717) is 0 Å². The van der Waals surface area contributed by atoms with Gasteiger partial charge in [0.05, 0.1) is 20.3 Å². The molecule has 1 aromatic rings. The van der Waals surface area contributed by atoms with Crippen molar-refractivity contribution in [1.82, 2.24) is 5.32 Å². The zero-order valence-corrected chi connectivity index (χ0v) is 12.5. The Bertz CT molecular complexity index is 449. The van der Waals surface area contributed by atoms with Crippen LogP contribution in [0.2, 0.25) is 0 Å². The van der Waals surface area contributed by atoms with Gasteiger partial charge in [0.2, 0.25) is 5.91 Å². The van der Waals surface area contributed by atoms with Crippen LogP contribution in [0.25, 0.3) is 0 Å². The molecule has 0 aliphatic heterocycles. The monoisotopic (exact) mass is 265 g/mol. The molecule has 4 nitrogen and oxygen atoms in total. The normalized spacial score (nSPS) is 12.7. The maximum atomic E-state index is 12.0. The van der Waals surface area contributed by atoms with E-state index in [9.17, 15) is 4.79 Å². The van der Waals surface area contributed by atoms with Crippen molar-refractivity contribution in [3.63, 3.8) is 0 Å². The Labute approximate surface area is 115 Å². The molecule has 0 fully saturated rings. The molecule has 0 unspecified atom stereocenters. The molecule has 0 radical (unpaired) electrons. The third-order valence-electron chi connectivity index (χ3n) is 2.93. The fourth-order valence-electron chi connectivity index (χ4n) is 1.67. The van der Waals surface area contributed by atoms with Gasteiger partial charge in [0.25, 0.3) is 0 Å². The first-order valence-corrected chi connectivity index (χ1v) is 6.32. The number of nitrogens with one attached hydrogen (secondary N) is 1. The maximum Gasteiger partial charge on any atom is 0.225 e. The van der Waals surface area contributed by atoms with Gasteiger partial charge in [-0.25, -0.2) is 0 Å². The Morgan fingerprint density at radius 3 is 2.32 bits per heavy atom. The quantitative estimate of drug-likeness (QED) is 0.910. The van der Waals surface area contributed by atoms with Crippen LogP contribution in [0, 0.1) is 5.41 Å². The predicted molar refractivity (Wildman–Crippen MR) is 75.6 cm³/mol. The minimum Gasteiger partial charge on any atom is -0.497 e. The van der Waals surface area contributed by atoms with Crippen LogP contribution in [0.1, 0.15) is 39.3 Å². The van der Waals surface area contributed by atoms with Crippen molar-refractivity contribution in [3.8, 4) is 11.5 Å². The van der Waals surface area contributed by atoms with Gasteiger partial charge in [0.15, 0.2) is 0 Å². The molecule has 0 aliphatic carbocycles. The fraction of sp³-hybridized carbons (Fsp3) is 0.533. The van der Waals surface area contributed by atoms with E-state index < -0.39 is 5.41 Å². The van der Waals surface area contributed by atoms with E-state index in [1.807, 2.05) is 45.9 Å². The summed E-state index contributed by atoms with van der Waals surface area (Å²) in [6, 6.07) is 5.41. The van der Waals surface area contributed by atoms with Crippen LogP contribution in [0.3, 0.4) is 0 Å². The number of benzene rings is 1. The highest BCUT2D eigenvalue weighted by Crippen LogP contribution is 2.29. The lowest BCUT2D eigenvalue weighted by molar-refractivity contribution is -0.129. The van der Waals surface area contributed by atoms with Gasteiger partial charge in [-0.2, -0.15) is 0 Å². The average molecular weight is 265 g/mol. The predicted octanol–water partition coefficient (Wildman–Crippen LogP) is 2.93. The minimum absolute atomic E-state index is 0.00451. The number of hydrogen-bond acceptors (Lipinski definition) is 3. The molecule has 1 amide bonds. The summed E-state index contributed by atoms with van der Waals surface area (Å²) in [4.78, 5) is 12.0. The third kappa shape index (κ3) is 3.88. The van der Waals surface area contributed by atoms with E-state index in [2.05, 4.69) is 5.32 Å². The van der Waals surface area contributed by atoms with Crippen molar-refractivity contribution in [3.05, 3.63) is 23.8 Å². The Balaban J connectivity index is 2.98. The van der Waals surface area contributed by atoms with Crippen LogP contribution in [0.4, 0.5) is 0 Å². The molecule has 0 aliphatic rings. The van der Waals surface area contributed by atoms with Gasteiger partial charge < -0.3 is 14.8 Å². The van der Waals surface area contributed by atoms with Crippen molar-refractivity contribution in [1.29, 1.82) is 0 Å². The van der Waals surface area contributed by atoms with Gasteiger partial charge in [0, 0.05) is 11.0 Å². The molecule has 1 rings (SSSR count). The van der Waals surface area contributed by atoms with E-state index in [4.69, 9.17) is 9.47 Å². The van der Waals surface area contributed by atoms with Gasteiger partial charge in [-0.05, 0) is 25.1 Å². The van der Waals surface area contributed by atoms with Crippen molar-refractivity contribution in [2.75, 3.05) is 14.2 Å². The standard InChI is InChI=1S/C15H23NO3/c1-10(16-14(17)15(2,3)4)12-9-11(18-5)7-8-13(12)19-6/h7-10H,1-6H3,(H,16,17)/t10-/m1/s1. The summed E-state index contributed by atoms with van der Waals surface area (Å²) < 4.78 is 10.5. The van der Waals surface area contributed by atoms with Crippen LogP contribution in [-0.4, -0.2) is 20.1 Å². The Kier molecular flexibility index (Phi) is 4.81. The Morgan fingerprint density at radius 1 is 1.21 bits per heavy atom. The van der Waals surface area contributed by atoms with E-state index in [0.717, 1.165) is 17.1 Å². The zero-order chi connectivity index (χ0) is 14.6.